The number of nitrogens with zero attached hydrogens (tertiary/aromatic N) is 2. The molecule has 0 aliphatic rings. The van der Waals surface area contributed by atoms with E-state index in [0.717, 1.165) is 10.6 Å². The van der Waals surface area contributed by atoms with E-state index in [-0.39, 0.29) is 17.9 Å². The Morgan fingerprint density at radius 1 is 1.19 bits per heavy atom. The smallest absolute Gasteiger partial charge is 0.230 e. The molecule has 0 spiro atoms. The molecular weight excluding hydrogens is 284 g/mol. The molecule has 1 heterocycles. The third-order valence-corrected chi connectivity index (χ3v) is 4.21. The van der Waals surface area contributed by atoms with Crippen LogP contribution in [0.1, 0.15) is 25.0 Å². The summed E-state index contributed by atoms with van der Waals surface area (Å²) >= 11 is 1.37. The van der Waals surface area contributed by atoms with Gasteiger partial charge in [-0.25, -0.2) is 0 Å². The van der Waals surface area contributed by atoms with Crippen LogP contribution in [0.2, 0.25) is 0 Å². The molecule has 6 heteroatoms. The predicted molar refractivity (Wildman–Crippen MR) is 86.3 cm³/mol. The second kappa shape index (κ2) is 6.32. The van der Waals surface area contributed by atoms with E-state index in [1.165, 1.54) is 22.5 Å². The number of carbonyl (C=O) groups excluding carboxylic acids is 1. The zero-order valence-corrected chi connectivity index (χ0v) is 13.5. The molecule has 1 amide bonds. The highest BCUT2D eigenvalue weighted by Gasteiger charge is 2.18. The number of aromatic nitrogens is 2. The highest BCUT2D eigenvalue weighted by Crippen LogP contribution is 2.28. The predicted octanol–water partition coefficient (Wildman–Crippen LogP) is 2.74. The second-order valence-corrected chi connectivity index (χ2v) is 6.40. The van der Waals surface area contributed by atoms with Crippen LogP contribution < -0.4 is 11.1 Å². The maximum absolute atomic E-state index is 12.0. The quantitative estimate of drug-likeness (QED) is 0.910. The van der Waals surface area contributed by atoms with Gasteiger partial charge in [0.15, 0.2) is 0 Å². The van der Waals surface area contributed by atoms with Crippen LogP contribution in [-0.2, 0) is 4.79 Å². The fourth-order valence-corrected chi connectivity index (χ4v) is 2.68. The van der Waals surface area contributed by atoms with Crippen molar-refractivity contribution in [1.29, 1.82) is 0 Å². The summed E-state index contributed by atoms with van der Waals surface area (Å²) in [6.45, 7) is 7.70. The monoisotopic (exact) mass is 304 g/mol. The standard InChI is InChI=1S/C15H20N4OS/c1-8-5-9(2)7-12(6-8)14-18-19-15(21-14)17-13(20)10(3)11(4)16/h5-7,10-11H,16H2,1-4H3,(H,17,19,20). The zero-order valence-electron chi connectivity index (χ0n) is 12.7. The lowest BCUT2D eigenvalue weighted by Gasteiger charge is -2.13. The van der Waals surface area contributed by atoms with Gasteiger partial charge in [0.2, 0.25) is 11.0 Å². The van der Waals surface area contributed by atoms with Gasteiger partial charge in [-0.1, -0.05) is 35.5 Å². The van der Waals surface area contributed by atoms with Gasteiger partial charge in [-0.3, -0.25) is 4.79 Å². The first-order chi connectivity index (χ1) is 9.86. The summed E-state index contributed by atoms with van der Waals surface area (Å²) in [4.78, 5) is 12.0. The fraction of sp³-hybridized carbons (Fsp3) is 0.400. The lowest BCUT2D eigenvalue weighted by Crippen LogP contribution is -2.34. The van der Waals surface area contributed by atoms with Crippen molar-refractivity contribution in [1.82, 2.24) is 10.2 Å². The van der Waals surface area contributed by atoms with E-state index in [1.807, 2.05) is 20.8 Å². The van der Waals surface area contributed by atoms with Gasteiger partial charge in [-0.05, 0) is 32.9 Å². The van der Waals surface area contributed by atoms with Crippen LogP contribution in [0.25, 0.3) is 10.6 Å². The van der Waals surface area contributed by atoms with Crippen LogP contribution >= 0.6 is 11.3 Å². The maximum Gasteiger partial charge on any atom is 0.230 e. The molecule has 1 aromatic heterocycles. The molecule has 112 valence electrons. The van der Waals surface area contributed by atoms with E-state index in [0.29, 0.717) is 5.13 Å². The van der Waals surface area contributed by atoms with Gasteiger partial charge >= 0.3 is 0 Å². The van der Waals surface area contributed by atoms with Crippen LogP contribution in [0.15, 0.2) is 18.2 Å². The number of amides is 1. The molecule has 0 saturated carbocycles. The van der Waals surface area contributed by atoms with E-state index < -0.39 is 0 Å². The maximum atomic E-state index is 12.0. The van der Waals surface area contributed by atoms with E-state index in [1.54, 1.807) is 6.92 Å². The number of nitrogens with one attached hydrogen (secondary N) is 1. The molecular formula is C15H20N4OS. The lowest BCUT2D eigenvalue weighted by molar-refractivity contribution is -0.119. The van der Waals surface area contributed by atoms with Crippen LogP contribution in [0.4, 0.5) is 5.13 Å². The minimum absolute atomic E-state index is 0.131. The van der Waals surface area contributed by atoms with E-state index >= 15 is 0 Å². The van der Waals surface area contributed by atoms with Gasteiger partial charge in [0.1, 0.15) is 5.01 Å². The van der Waals surface area contributed by atoms with E-state index in [2.05, 4.69) is 33.7 Å². The molecule has 5 nitrogen and oxygen atoms in total. The third-order valence-electron chi connectivity index (χ3n) is 3.33. The van der Waals surface area contributed by atoms with Gasteiger partial charge in [0, 0.05) is 11.6 Å². The lowest BCUT2D eigenvalue weighted by atomic mass is 10.0. The van der Waals surface area contributed by atoms with Crippen molar-refractivity contribution < 1.29 is 4.79 Å². The van der Waals surface area contributed by atoms with Crippen molar-refractivity contribution in [2.24, 2.45) is 11.7 Å². The summed E-state index contributed by atoms with van der Waals surface area (Å²) < 4.78 is 0. The number of benzene rings is 1. The first-order valence-corrected chi connectivity index (χ1v) is 7.67. The second-order valence-electron chi connectivity index (χ2n) is 5.43. The van der Waals surface area contributed by atoms with Crippen molar-refractivity contribution in [3.05, 3.63) is 29.3 Å². The molecule has 2 aromatic rings. The van der Waals surface area contributed by atoms with Crippen molar-refractivity contribution in [2.75, 3.05) is 5.32 Å². The molecule has 1 aromatic carbocycles. The molecule has 3 N–H and O–H groups in total. The van der Waals surface area contributed by atoms with Gasteiger partial charge in [0.25, 0.3) is 0 Å². The van der Waals surface area contributed by atoms with Crippen molar-refractivity contribution in [3.8, 4) is 10.6 Å². The number of hydrogen-bond donors (Lipinski definition) is 2. The SMILES string of the molecule is Cc1cc(C)cc(-c2nnc(NC(=O)C(C)C(C)N)s2)c1. The molecule has 0 aliphatic carbocycles. The average molecular weight is 304 g/mol. The Morgan fingerprint density at radius 3 is 2.38 bits per heavy atom. The summed E-state index contributed by atoms with van der Waals surface area (Å²) in [6, 6.07) is 6.03. The molecule has 0 aliphatic heterocycles. The summed E-state index contributed by atoms with van der Waals surface area (Å²) in [5.41, 5.74) is 9.10. The first kappa shape index (κ1) is 15.6. The minimum Gasteiger partial charge on any atom is -0.327 e. The summed E-state index contributed by atoms with van der Waals surface area (Å²) in [7, 11) is 0. The average Bonchev–Trinajstić information content (AvgIpc) is 2.85. The van der Waals surface area contributed by atoms with E-state index in [9.17, 15) is 4.79 Å². The Labute approximate surface area is 128 Å². The topological polar surface area (TPSA) is 80.9 Å². The van der Waals surface area contributed by atoms with Crippen molar-refractivity contribution in [2.45, 2.75) is 33.7 Å². The van der Waals surface area contributed by atoms with Crippen LogP contribution in [0.5, 0.6) is 0 Å². The normalized spacial score (nSPS) is 13.8. The number of carbonyl (C=O) groups is 1. The van der Waals surface area contributed by atoms with Gasteiger partial charge < -0.3 is 11.1 Å². The molecule has 2 unspecified atom stereocenters. The number of anilines is 1. The number of rotatable bonds is 4. The Morgan fingerprint density at radius 2 is 1.81 bits per heavy atom. The molecule has 0 bridgehead atoms. The fourth-order valence-electron chi connectivity index (χ4n) is 1.95. The van der Waals surface area contributed by atoms with Crippen molar-refractivity contribution in [3.63, 3.8) is 0 Å². The number of hydrogen-bond acceptors (Lipinski definition) is 5. The Kier molecular flexibility index (Phi) is 4.69. The minimum atomic E-state index is -0.265. The largest absolute Gasteiger partial charge is 0.327 e. The van der Waals surface area contributed by atoms with Crippen LogP contribution in [-0.4, -0.2) is 22.1 Å². The summed E-state index contributed by atoms with van der Waals surface area (Å²) in [6.07, 6.45) is 0. The van der Waals surface area contributed by atoms with Gasteiger partial charge in [0.05, 0.1) is 5.92 Å². The number of nitrogens with two attached hydrogens (primary N) is 1. The van der Waals surface area contributed by atoms with Gasteiger partial charge in [-0.15, -0.1) is 10.2 Å². The Balaban J connectivity index is 2.16. The highest BCUT2D eigenvalue weighted by molar-refractivity contribution is 7.18. The molecule has 0 fully saturated rings. The highest BCUT2D eigenvalue weighted by atomic mass is 32.1. The van der Waals surface area contributed by atoms with Crippen molar-refractivity contribution >= 4 is 22.4 Å². The van der Waals surface area contributed by atoms with E-state index in [4.69, 9.17) is 5.73 Å². The molecule has 21 heavy (non-hydrogen) atoms. The first-order valence-electron chi connectivity index (χ1n) is 6.85. The molecule has 2 rings (SSSR count). The third kappa shape index (κ3) is 3.86. The Hall–Kier alpha value is -1.79. The molecule has 2 atom stereocenters. The van der Waals surface area contributed by atoms with Crippen LogP contribution in [0.3, 0.4) is 0 Å². The molecule has 0 saturated heterocycles. The zero-order chi connectivity index (χ0) is 15.6. The molecule has 0 radical (unpaired) electrons. The summed E-state index contributed by atoms with van der Waals surface area (Å²) in [5, 5.41) is 12.2. The van der Waals surface area contributed by atoms with Gasteiger partial charge in [-0.2, -0.15) is 0 Å². The number of aryl methyl sites for hydroxylation is 2. The summed E-state index contributed by atoms with van der Waals surface area (Å²) in [5.74, 6) is -0.397. The Bertz CT molecular complexity index is 631. The van der Waals surface area contributed by atoms with Crippen LogP contribution in [0, 0.1) is 19.8 Å².